The molecule has 3 heterocycles. The van der Waals surface area contributed by atoms with Crippen molar-refractivity contribution in [1.29, 1.82) is 0 Å². The number of anilines is 1. The average molecular weight is 390 g/mol. The number of fused-ring (bicyclic) bond motifs is 1. The highest BCUT2D eigenvalue weighted by Gasteiger charge is 2.31. The summed E-state index contributed by atoms with van der Waals surface area (Å²) in [5, 5.41) is 10.4. The second kappa shape index (κ2) is 7.70. The van der Waals surface area contributed by atoms with Gasteiger partial charge >= 0.3 is 6.03 Å². The van der Waals surface area contributed by atoms with Gasteiger partial charge in [-0.1, -0.05) is 32.0 Å². The predicted molar refractivity (Wildman–Crippen MR) is 114 cm³/mol. The van der Waals surface area contributed by atoms with Crippen LogP contribution in [-0.2, 0) is 19.4 Å². The number of hydrogen-bond donors (Lipinski definition) is 2. The summed E-state index contributed by atoms with van der Waals surface area (Å²) < 4.78 is 0. The molecule has 0 saturated carbocycles. The molecule has 150 valence electrons. The Morgan fingerprint density at radius 3 is 2.93 bits per heavy atom. The number of urea groups is 1. The minimum absolute atomic E-state index is 0.0228. The van der Waals surface area contributed by atoms with Crippen LogP contribution < -0.4 is 5.32 Å². The number of aromatic nitrogens is 3. The zero-order chi connectivity index (χ0) is 20.4. The molecule has 2 N–H and O–H groups in total. The summed E-state index contributed by atoms with van der Waals surface area (Å²) in [6, 6.07) is 12.0. The van der Waals surface area contributed by atoms with Crippen LogP contribution in [0.2, 0.25) is 0 Å². The molecule has 6 heteroatoms. The summed E-state index contributed by atoms with van der Waals surface area (Å²) in [5.41, 5.74) is 6.21. The van der Waals surface area contributed by atoms with Crippen LogP contribution in [0.3, 0.4) is 0 Å². The first-order chi connectivity index (χ1) is 13.9. The number of benzene rings is 1. The Balaban J connectivity index is 1.52. The Bertz CT molecular complexity index is 1010. The highest BCUT2D eigenvalue weighted by molar-refractivity contribution is 5.90. The van der Waals surface area contributed by atoms with Crippen LogP contribution in [0.1, 0.15) is 41.9 Å². The Morgan fingerprint density at radius 1 is 1.28 bits per heavy atom. The lowest BCUT2D eigenvalue weighted by Gasteiger charge is -2.30. The van der Waals surface area contributed by atoms with Crippen LogP contribution in [0.15, 0.2) is 48.8 Å². The molecule has 0 atom stereocenters. The van der Waals surface area contributed by atoms with Crippen molar-refractivity contribution in [3.8, 4) is 0 Å². The molecule has 0 spiro atoms. The highest BCUT2D eigenvalue weighted by Crippen LogP contribution is 2.29. The lowest BCUT2D eigenvalue weighted by molar-refractivity contribution is 0.180. The van der Waals surface area contributed by atoms with E-state index in [1.165, 1.54) is 0 Å². The van der Waals surface area contributed by atoms with Crippen LogP contribution >= 0.6 is 0 Å². The van der Waals surface area contributed by atoms with E-state index >= 15 is 0 Å². The number of aryl methyl sites for hydroxylation is 1. The summed E-state index contributed by atoms with van der Waals surface area (Å²) in [6.07, 6.45) is 5.25. The molecule has 3 aromatic rings. The number of carbonyl (C=O) groups excluding carboxylic acids is 1. The van der Waals surface area contributed by atoms with E-state index in [1.807, 2.05) is 42.3 Å². The van der Waals surface area contributed by atoms with E-state index in [2.05, 4.69) is 46.5 Å². The van der Waals surface area contributed by atoms with Gasteiger partial charge in [-0.25, -0.2) is 4.79 Å². The number of pyridine rings is 1. The van der Waals surface area contributed by atoms with E-state index in [0.717, 1.165) is 46.6 Å². The van der Waals surface area contributed by atoms with Crippen molar-refractivity contribution in [1.82, 2.24) is 20.1 Å². The number of carbonyl (C=O) groups is 1. The quantitative estimate of drug-likeness (QED) is 0.701. The monoisotopic (exact) mass is 389 g/mol. The van der Waals surface area contributed by atoms with Crippen molar-refractivity contribution in [3.05, 3.63) is 76.9 Å². The SMILES string of the molecule is Cc1ccc(Cc2ccccn2)cc1NC(=O)N1Cc2cn[nH]c2CC(C)(C)C1. The fourth-order valence-corrected chi connectivity index (χ4v) is 3.90. The minimum Gasteiger partial charge on any atom is -0.320 e. The molecule has 0 unspecified atom stereocenters. The fraction of sp³-hybridized carbons (Fsp3) is 0.348. The Morgan fingerprint density at radius 2 is 2.14 bits per heavy atom. The van der Waals surface area contributed by atoms with Crippen molar-refractivity contribution < 1.29 is 4.79 Å². The van der Waals surface area contributed by atoms with Gasteiger partial charge < -0.3 is 10.2 Å². The number of nitrogens with zero attached hydrogens (tertiary/aromatic N) is 3. The number of aromatic amines is 1. The van der Waals surface area contributed by atoms with Crippen LogP contribution in [0.25, 0.3) is 0 Å². The summed E-state index contributed by atoms with van der Waals surface area (Å²) in [4.78, 5) is 19.4. The molecule has 2 amide bonds. The Labute approximate surface area is 171 Å². The van der Waals surface area contributed by atoms with Gasteiger partial charge in [-0.05, 0) is 48.1 Å². The van der Waals surface area contributed by atoms with Gasteiger partial charge in [0.1, 0.15) is 0 Å². The van der Waals surface area contributed by atoms with Crippen LogP contribution in [0.4, 0.5) is 10.5 Å². The van der Waals surface area contributed by atoms with Gasteiger partial charge in [-0.2, -0.15) is 5.10 Å². The number of hydrogen-bond acceptors (Lipinski definition) is 3. The van der Waals surface area contributed by atoms with E-state index in [4.69, 9.17) is 0 Å². The minimum atomic E-state index is -0.0785. The molecule has 0 bridgehead atoms. The van der Waals surface area contributed by atoms with E-state index in [-0.39, 0.29) is 11.4 Å². The molecular formula is C23H27N5O. The third kappa shape index (κ3) is 4.47. The van der Waals surface area contributed by atoms with Gasteiger partial charge in [0, 0.05) is 41.8 Å². The van der Waals surface area contributed by atoms with Gasteiger partial charge in [0.25, 0.3) is 0 Å². The average Bonchev–Trinajstić information content (AvgIpc) is 3.05. The number of amides is 2. The molecular weight excluding hydrogens is 362 g/mol. The van der Waals surface area contributed by atoms with E-state index < -0.39 is 0 Å². The third-order valence-corrected chi connectivity index (χ3v) is 5.39. The van der Waals surface area contributed by atoms with Gasteiger partial charge in [0.2, 0.25) is 0 Å². The number of H-pyrrole nitrogens is 1. The first-order valence-corrected chi connectivity index (χ1v) is 9.96. The molecule has 1 aliphatic rings. The largest absolute Gasteiger partial charge is 0.322 e. The van der Waals surface area contributed by atoms with E-state index in [1.54, 1.807) is 6.20 Å². The van der Waals surface area contributed by atoms with Gasteiger partial charge in [-0.3, -0.25) is 10.1 Å². The standard InChI is InChI=1S/C23H27N5O/c1-16-7-8-17(10-19-6-4-5-9-24-19)11-20(16)26-22(29)28-14-18-13-25-27-21(18)12-23(2,3)15-28/h4-9,11,13H,10,12,14-15H2,1-3H3,(H,25,27)(H,26,29). The van der Waals surface area contributed by atoms with Gasteiger partial charge in [-0.15, -0.1) is 0 Å². The molecule has 0 radical (unpaired) electrons. The summed E-state index contributed by atoms with van der Waals surface area (Å²) >= 11 is 0. The summed E-state index contributed by atoms with van der Waals surface area (Å²) in [6.45, 7) is 7.63. The predicted octanol–water partition coefficient (Wildman–Crippen LogP) is 4.32. The lowest BCUT2D eigenvalue weighted by Crippen LogP contribution is -2.40. The summed E-state index contributed by atoms with van der Waals surface area (Å²) in [5.74, 6) is 0. The van der Waals surface area contributed by atoms with Crippen molar-refractivity contribution in [3.63, 3.8) is 0 Å². The van der Waals surface area contributed by atoms with E-state index in [0.29, 0.717) is 13.1 Å². The zero-order valence-corrected chi connectivity index (χ0v) is 17.2. The van der Waals surface area contributed by atoms with Crippen molar-refractivity contribution in [2.75, 3.05) is 11.9 Å². The molecule has 0 fully saturated rings. The molecule has 29 heavy (non-hydrogen) atoms. The molecule has 4 rings (SSSR count). The second-order valence-corrected chi connectivity index (χ2v) is 8.65. The van der Waals surface area contributed by atoms with Crippen molar-refractivity contribution in [2.24, 2.45) is 5.41 Å². The first kappa shape index (κ1) is 19.2. The molecule has 0 aliphatic carbocycles. The van der Waals surface area contributed by atoms with Crippen molar-refractivity contribution in [2.45, 2.75) is 40.2 Å². The molecule has 1 aromatic carbocycles. The normalized spacial score (nSPS) is 15.5. The van der Waals surface area contributed by atoms with Gasteiger partial charge in [0.15, 0.2) is 0 Å². The topological polar surface area (TPSA) is 73.9 Å². The number of rotatable bonds is 3. The van der Waals surface area contributed by atoms with Crippen LogP contribution in [0, 0.1) is 12.3 Å². The molecule has 0 saturated heterocycles. The molecule has 1 aliphatic heterocycles. The lowest BCUT2D eigenvalue weighted by atomic mass is 9.88. The Hall–Kier alpha value is -3.15. The fourth-order valence-electron chi connectivity index (χ4n) is 3.90. The summed E-state index contributed by atoms with van der Waals surface area (Å²) in [7, 11) is 0. The maximum atomic E-state index is 13.1. The smallest absolute Gasteiger partial charge is 0.320 e. The molecule has 2 aromatic heterocycles. The van der Waals surface area contributed by atoms with Crippen LogP contribution in [0.5, 0.6) is 0 Å². The highest BCUT2D eigenvalue weighted by atomic mass is 16.2. The maximum absolute atomic E-state index is 13.1. The zero-order valence-electron chi connectivity index (χ0n) is 17.2. The number of nitrogens with one attached hydrogen (secondary N) is 2. The first-order valence-electron chi connectivity index (χ1n) is 9.96. The second-order valence-electron chi connectivity index (χ2n) is 8.65. The van der Waals surface area contributed by atoms with E-state index in [9.17, 15) is 4.79 Å². The van der Waals surface area contributed by atoms with Crippen LogP contribution in [-0.4, -0.2) is 32.7 Å². The Kier molecular flexibility index (Phi) is 5.09. The molecule has 6 nitrogen and oxygen atoms in total. The van der Waals surface area contributed by atoms with Crippen molar-refractivity contribution >= 4 is 11.7 Å². The third-order valence-electron chi connectivity index (χ3n) is 5.39. The maximum Gasteiger partial charge on any atom is 0.322 e. The van der Waals surface area contributed by atoms with Gasteiger partial charge in [0.05, 0.1) is 12.7 Å².